The average molecular weight is 363 g/mol. The minimum absolute atomic E-state index is 0.235. The van der Waals surface area contributed by atoms with Gasteiger partial charge >= 0.3 is 0 Å². The molecule has 1 aliphatic rings. The Balaban J connectivity index is 1.84. The number of benzene rings is 1. The van der Waals surface area contributed by atoms with Crippen LogP contribution in [-0.2, 0) is 26.7 Å². The lowest BCUT2D eigenvalue weighted by atomic mass is 9.74. The number of aromatic nitrogens is 2. The highest BCUT2D eigenvalue weighted by molar-refractivity contribution is 7.89. The summed E-state index contributed by atoms with van der Waals surface area (Å²) in [6, 6.07) is 10.1. The minimum Gasteiger partial charge on any atom is -0.381 e. The molecule has 136 valence electrons. The van der Waals surface area contributed by atoms with Crippen LogP contribution in [0.3, 0.4) is 0 Å². The van der Waals surface area contributed by atoms with Crippen LogP contribution in [0.4, 0.5) is 0 Å². The van der Waals surface area contributed by atoms with Crippen molar-refractivity contribution in [3.05, 3.63) is 47.8 Å². The zero-order valence-electron chi connectivity index (χ0n) is 14.7. The fraction of sp³-hybridized carbons (Fsp3) is 0.500. The van der Waals surface area contributed by atoms with Crippen LogP contribution in [0, 0.1) is 6.92 Å². The summed E-state index contributed by atoms with van der Waals surface area (Å²) in [6.45, 7) is 5.94. The van der Waals surface area contributed by atoms with E-state index in [2.05, 4.69) is 22.0 Å². The number of nitrogens with one attached hydrogen (secondary N) is 1. The van der Waals surface area contributed by atoms with Gasteiger partial charge in [-0.25, -0.2) is 13.1 Å². The fourth-order valence-electron chi connectivity index (χ4n) is 3.36. The summed E-state index contributed by atoms with van der Waals surface area (Å²) in [4.78, 5) is 0.254. The molecule has 1 fully saturated rings. The molecule has 7 heteroatoms. The third-order valence-electron chi connectivity index (χ3n) is 4.95. The molecule has 0 aliphatic carbocycles. The SMILES string of the molecule is CCn1cc(S(=O)(=O)NCC2(c3ccccc3)CCOCC2)c(C)n1. The Morgan fingerprint density at radius 3 is 2.52 bits per heavy atom. The number of ether oxygens (including phenoxy) is 1. The number of aryl methyl sites for hydroxylation is 2. The highest BCUT2D eigenvalue weighted by atomic mass is 32.2. The molecule has 0 unspecified atom stereocenters. The predicted molar refractivity (Wildman–Crippen MR) is 96.0 cm³/mol. The van der Waals surface area contributed by atoms with Gasteiger partial charge in [0.1, 0.15) is 4.90 Å². The maximum Gasteiger partial charge on any atom is 0.243 e. The van der Waals surface area contributed by atoms with E-state index < -0.39 is 10.0 Å². The molecule has 0 bridgehead atoms. The van der Waals surface area contributed by atoms with E-state index in [-0.39, 0.29) is 10.3 Å². The lowest BCUT2D eigenvalue weighted by Gasteiger charge is -2.37. The van der Waals surface area contributed by atoms with Crippen molar-refractivity contribution in [2.75, 3.05) is 19.8 Å². The normalized spacial score (nSPS) is 17.5. The van der Waals surface area contributed by atoms with Crippen LogP contribution in [0.15, 0.2) is 41.4 Å². The largest absolute Gasteiger partial charge is 0.381 e. The van der Waals surface area contributed by atoms with Crippen LogP contribution in [0.25, 0.3) is 0 Å². The molecule has 1 aromatic carbocycles. The van der Waals surface area contributed by atoms with E-state index >= 15 is 0 Å². The van der Waals surface area contributed by atoms with Crippen LogP contribution < -0.4 is 4.72 Å². The average Bonchev–Trinajstić information content (AvgIpc) is 3.04. The third-order valence-corrected chi connectivity index (χ3v) is 6.46. The Kier molecular flexibility index (Phi) is 5.27. The van der Waals surface area contributed by atoms with E-state index in [1.54, 1.807) is 17.8 Å². The smallest absolute Gasteiger partial charge is 0.243 e. The van der Waals surface area contributed by atoms with E-state index in [1.807, 2.05) is 25.1 Å². The maximum absolute atomic E-state index is 12.8. The second kappa shape index (κ2) is 7.27. The summed E-state index contributed by atoms with van der Waals surface area (Å²) in [5.74, 6) is 0. The first-order chi connectivity index (χ1) is 12.0. The van der Waals surface area contributed by atoms with E-state index in [0.717, 1.165) is 18.4 Å². The maximum atomic E-state index is 12.8. The number of nitrogens with zero attached hydrogens (tertiary/aromatic N) is 2. The molecule has 2 aromatic rings. The molecule has 1 saturated heterocycles. The van der Waals surface area contributed by atoms with Gasteiger partial charge in [-0.3, -0.25) is 4.68 Å². The molecule has 0 spiro atoms. The molecular weight excluding hydrogens is 338 g/mol. The molecule has 3 rings (SSSR count). The van der Waals surface area contributed by atoms with Gasteiger partial charge in [0.25, 0.3) is 0 Å². The van der Waals surface area contributed by atoms with Crippen molar-refractivity contribution in [3.8, 4) is 0 Å². The van der Waals surface area contributed by atoms with Crippen LogP contribution in [-0.4, -0.2) is 38.0 Å². The van der Waals surface area contributed by atoms with Crippen LogP contribution >= 0.6 is 0 Å². The number of sulfonamides is 1. The monoisotopic (exact) mass is 363 g/mol. The first-order valence-electron chi connectivity index (χ1n) is 8.64. The molecule has 2 heterocycles. The van der Waals surface area contributed by atoms with Crippen molar-refractivity contribution in [2.24, 2.45) is 0 Å². The molecule has 25 heavy (non-hydrogen) atoms. The highest BCUT2D eigenvalue weighted by Gasteiger charge is 2.36. The fourth-order valence-corrected chi connectivity index (χ4v) is 4.67. The van der Waals surface area contributed by atoms with Crippen LogP contribution in [0.5, 0.6) is 0 Å². The van der Waals surface area contributed by atoms with Gasteiger partial charge in [-0.15, -0.1) is 0 Å². The van der Waals surface area contributed by atoms with E-state index in [9.17, 15) is 8.42 Å². The van der Waals surface area contributed by atoms with Gasteiger partial charge in [0.15, 0.2) is 0 Å². The van der Waals surface area contributed by atoms with E-state index in [1.165, 1.54) is 0 Å². The molecule has 0 radical (unpaired) electrons. The summed E-state index contributed by atoms with van der Waals surface area (Å²) in [5.41, 5.74) is 1.44. The number of rotatable bonds is 6. The molecule has 0 atom stereocenters. The van der Waals surface area contributed by atoms with Crippen molar-refractivity contribution in [3.63, 3.8) is 0 Å². The Bertz CT molecular complexity index is 809. The predicted octanol–water partition coefficient (Wildman–Crippen LogP) is 2.24. The Morgan fingerprint density at radius 2 is 1.92 bits per heavy atom. The summed E-state index contributed by atoms with van der Waals surface area (Å²) in [7, 11) is -3.60. The third kappa shape index (κ3) is 3.78. The van der Waals surface area contributed by atoms with Crippen molar-refractivity contribution in [1.82, 2.24) is 14.5 Å². The van der Waals surface area contributed by atoms with Gasteiger partial charge in [0, 0.05) is 37.9 Å². The van der Waals surface area contributed by atoms with Gasteiger partial charge in [0.05, 0.1) is 5.69 Å². The highest BCUT2D eigenvalue weighted by Crippen LogP contribution is 2.34. The lowest BCUT2D eigenvalue weighted by molar-refractivity contribution is 0.0517. The van der Waals surface area contributed by atoms with Crippen LogP contribution in [0.1, 0.15) is 31.0 Å². The Morgan fingerprint density at radius 1 is 1.24 bits per heavy atom. The van der Waals surface area contributed by atoms with Crippen molar-refractivity contribution >= 4 is 10.0 Å². The van der Waals surface area contributed by atoms with Crippen molar-refractivity contribution in [1.29, 1.82) is 0 Å². The van der Waals surface area contributed by atoms with Gasteiger partial charge in [0.2, 0.25) is 10.0 Å². The Labute approximate surface area is 149 Å². The Hall–Kier alpha value is -1.70. The van der Waals surface area contributed by atoms with Crippen molar-refractivity contribution in [2.45, 2.75) is 43.5 Å². The standard InChI is InChI=1S/C18H25N3O3S/c1-3-21-13-17(15(2)20-21)25(22,23)19-14-18(9-11-24-12-10-18)16-7-5-4-6-8-16/h4-8,13,19H,3,9-12,14H2,1-2H3. The topological polar surface area (TPSA) is 73.2 Å². The number of hydrogen-bond acceptors (Lipinski definition) is 4. The van der Waals surface area contributed by atoms with Gasteiger partial charge in [-0.1, -0.05) is 30.3 Å². The second-order valence-corrected chi connectivity index (χ2v) is 8.25. The molecule has 6 nitrogen and oxygen atoms in total. The zero-order chi connectivity index (χ0) is 17.9. The van der Waals surface area contributed by atoms with Crippen molar-refractivity contribution < 1.29 is 13.2 Å². The molecule has 1 N–H and O–H groups in total. The molecule has 1 aliphatic heterocycles. The van der Waals surface area contributed by atoms with Crippen LogP contribution in [0.2, 0.25) is 0 Å². The molecule has 1 aromatic heterocycles. The molecule has 0 saturated carbocycles. The minimum atomic E-state index is -3.60. The van der Waals surface area contributed by atoms with Gasteiger partial charge in [-0.2, -0.15) is 5.10 Å². The molecular formula is C18H25N3O3S. The molecule has 0 amide bonds. The first-order valence-corrected chi connectivity index (χ1v) is 10.1. The quantitative estimate of drug-likeness (QED) is 0.854. The summed E-state index contributed by atoms with van der Waals surface area (Å²) in [6.07, 6.45) is 3.19. The zero-order valence-corrected chi connectivity index (χ0v) is 15.6. The summed E-state index contributed by atoms with van der Waals surface area (Å²) < 4.78 is 35.6. The van der Waals surface area contributed by atoms with E-state index in [4.69, 9.17) is 4.74 Å². The lowest BCUT2D eigenvalue weighted by Crippen LogP contribution is -2.44. The van der Waals surface area contributed by atoms with Gasteiger partial charge in [-0.05, 0) is 32.3 Å². The first kappa shape index (κ1) is 18.1. The summed E-state index contributed by atoms with van der Waals surface area (Å²) >= 11 is 0. The second-order valence-electron chi connectivity index (χ2n) is 6.52. The van der Waals surface area contributed by atoms with E-state index in [0.29, 0.717) is 32.0 Å². The van der Waals surface area contributed by atoms with Gasteiger partial charge < -0.3 is 4.74 Å². The summed E-state index contributed by atoms with van der Waals surface area (Å²) in [5, 5.41) is 4.24. The number of hydrogen-bond donors (Lipinski definition) is 1.